The van der Waals surface area contributed by atoms with Gasteiger partial charge in [-0.2, -0.15) is 0 Å². The van der Waals surface area contributed by atoms with Crippen LogP contribution in [0.5, 0.6) is 0 Å². The Labute approximate surface area is 149 Å². The normalized spacial score (nSPS) is 19.4. The first-order chi connectivity index (χ1) is 11.2. The Morgan fingerprint density at radius 1 is 1.33 bits per heavy atom. The van der Waals surface area contributed by atoms with Crippen molar-refractivity contribution < 1.29 is 14.3 Å². The fourth-order valence-corrected chi connectivity index (χ4v) is 2.92. The summed E-state index contributed by atoms with van der Waals surface area (Å²) in [5.41, 5.74) is 7.27. The lowest BCUT2D eigenvalue weighted by atomic mass is 9.79. The highest BCUT2D eigenvalue weighted by Gasteiger charge is 2.38. The van der Waals surface area contributed by atoms with Gasteiger partial charge in [-0.3, -0.25) is 4.79 Å². The van der Waals surface area contributed by atoms with E-state index in [1.807, 2.05) is 24.3 Å². The molecule has 5 nitrogen and oxygen atoms in total. The van der Waals surface area contributed by atoms with Crippen molar-refractivity contribution in [2.24, 2.45) is 17.1 Å². The number of nitrogens with one attached hydrogen (secondary N) is 1. The van der Waals surface area contributed by atoms with Crippen molar-refractivity contribution in [1.29, 1.82) is 0 Å². The van der Waals surface area contributed by atoms with Gasteiger partial charge in [-0.1, -0.05) is 12.1 Å². The number of carbonyl (C=O) groups is 1. The van der Waals surface area contributed by atoms with Gasteiger partial charge in [-0.15, -0.1) is 12.4 Å². The van der Waals surface area contributed by atoms with E-state index in [0.29, 0.717) is 39.2 Å². The third kappa shape index (κ3) is 4.93. The van der Waals surface area contributed by atoms with Crippen LogP contribution in [-0.2, 0) is 20.9 Å². The number of halogens is 1. The van der Waals surface area contributed by atoms with Gasteiger partial charge in [0.05, 0.1) is 12.0 Å². The summed E-state index contributed by atoms with van der Waals surface area (Å²) in [7, 11) is 0. The third-order valence-corrected chi connectivity index (χ3v) is 4.83. The molecule has 1 heterocycles. The monoisotopic (exact) mass is 354 g/mol. The maximum absolute atomic E-state index is 12.7. The van der Waals surface area contributed by atoms with Crippen LogP contribution in [-0.4, -0.2) is 32.3 Å². The zero-order chi connectivity index (χ0) is 16.1. The largest absolute Gasteiger partial charge is 0.381 e. The smallest absolute Gasteiger partial charge is 0.232 e. The Bertz CT molecular complexity index is 543. The van der Waals surface area contributed by atoms with E-state index < -0.39 is 5.41 Å². The van der Waals surface area contributed by atoms with Crippen LogP contribution in [0.4, 0.5) is 5.69 Å². The predicted octanol–water partition coefficient (Wildman–Crippen LogP) is 2.73. The first-order valence-electron chi connectivity index (χ1n) is 8.48. The van der Waals surface area contributed by atoms with Crippen molar-refractivity contribution in [3.05, 3.63) is 29.8 Å². The maximum Gasteiger partial charge on any atom is 0.232 e. The zero-order valence-electron chi connectivity index (χ0n) is 14.0. The minimum atomic E-state index is -0.503. The molecule has 6 heteroatoms. The molecule has 1 amide bonds. The van der Waals surface area contributed by atoms with E-state index in [9.17, 15) is 4.79 Å². The molecule has 2 fully saturated rings. The summed E-state index contributed by atoms with van der Waals surface area (Å²) in [6.45, 7) is 2.98. The van der Waals surface area contributed by atoms with Gasteiger partial charge in [0, 0.05) is 32.1 Å². The molecule has 1 saturated heterocycles. The van der Waals surface area contributed by atoms with Gasteiger partial charge in [0.2, 0.25) is 5.91 Å². The number of anilines is 1. The van der Waals surface area contributed by atoms with E-state index in [1.54, 1.807) is 0 Å². The van der Waals surface area contributed by atoms with Crippen molar-refractivity contribution in [2.45, 2.75) is 32.3 Å². The van der Waals surface area contributed by atoms with Crippen LogP contribution in [0.25, 0.3) is 0 Å². The molecule has 3 rings (SSSR count). The van der Waals surface area contributed by atoms with Gasteiger partial charge in [-0.25, -0.2) is 0 Å². The molecule has 3 N–H and O–H groups in total. The Hall–Kier alpha value is -1.14. The number of amides is 1. The first kappa shape index (κ1) is 19.2. The Morgan fingerprint density at radius 2 is 2.08 bits per heavy atom. The number of hydrogen-bond acceptors (Lipinski definition) is 4. The molecule has 0 bridgehead atoms. The van der Waals surface area contributed by atoms with E-state index in [0.717, 1.165) is 23.8 Å². The van der Waals surface area contributed by atoms with Gasteiger partial charge >= 0.3 is 0 Å². The molecular formula is C18H27ClN2O3. The molecule has 0 radical (unpaired) electrons. The summed E-state index contributed by atoms with van der Waals surface area (Å²) in [6, 6.07) is 7.86. The topological polar surface area (TPSA) is 73.6 Å². The SMILES string of the molecule is Cl.NCC1(C(=O)Nc2cccc(COCC3CC3)c2)CCOCC1. The average Bonchev–Trinajstić information content (AvgIpc) is 3.40. The minimum Gasteiger partial charge on any atom is -0.381 e. The minimum absolute atomic E-state index is 0. The molecule has 1 aromatic carbocycles. The summed E-state index contributed by atoms with van der Waals surface area (Å²) >= 11 is 0. The second-order valence-corrected chi connectivity index (χ2v) is 6.71. The highest BCUT2D eigenvalue weighted by atomic mass is 35.5. The molecule has 0 atom stereocenters. The number of nitrogens with two attached hydrogens (primary N) is 1. The first-order valence-corrected chi connectivity index (χ1v) is 8.48. The van der Waals surface area contributed by atoms with Crippen LogP contribution >= 0.6 is 12.4 Å². The third-order valence-electron chi connectivity index (χ3n) is 4.83. The molecule has 24 heavy (non-hydrogen) atoms. The highest BCUT2D eigenvalue weighted by molar-refractivity contribution is 5.95. The van der Waals surface area contributed by atoms with Crippen molar-refractivity contribution in [3.8, 4) is 0 Å². The summed E-state index contributed by atoms with van der Waals surface area (Å²) < 4.78 is 11.1. The summed E-state index contributed by atoms with van der Waals surface area (Å²) in [5.74, 6) is 0.759. The van der Waals surface area contributed by atoms with Crippen LogP contribution in [0.3, 0.4) is 0 Å². The quantitative estimate of drug-likeness (QED) is 0.789. The zero-order valence-corrected chi connectivity index (χ0v) is 14.8. The second-order valence-electron chi connectivity index (χ2n) is 6.71. The number of hydrogen-bond donors (Lipinski definition) is 2. The summed E-state index contributed by atoms with van der Waals surface area (Å²) in [5, 5.41) is 3.03. The van der Waals surface area contributed by atoms with Crippen molar-refractivity contribution in [2.75, 3.05) is 31.7 Å². The number of rotatable bonds is 7. The Kier molecular flexibility index (Phi) is 7.04. The molecule has 1 aromatic rings. The molecule has 1 aliphatic carbocycles. The van der Waals surface area contributed by atoms with Crippen LogP contribution in [0, 0.1) is 11.3 Å². The summed E-state index contributed by atoms with van der Waals surface area (Å²) in [4.78, 5) is 12.7. The molecule has 2 aliphatic rings. The maximum atomic E-state index is 12.7. The standard InChI is InChI=1S/C18H26N2O3.ClH/c19-13-18(6-8-22-9-7-18)17(21)20-16-3-1-2-15(10-16)12-23-11-14-4-5-14;/h1-3,10,14H,4-9,11-13,19H2,(H,20,21);1H. The predicted molar refractivity (Wildman–Crippen MR) is 96.2 cm³/mol. The van der Waals surface area contributed by atoms with Gasteiger partial charge in [0.15, 0.2) is 0 Å². The second kappa shape index (κ2) is 8.81. The lowest BCUT2D eigenvalue weighted by molar-refractivity contribution is -0.130. The molecular weight excluding hydrogens is 328 g/mol. The summed E-state index contributed by atoms with van der Waals surface area (Å²) in [6.07, 6.45) is 3.95. The highest BCUT2D eigenvalue weighted by Crippen LogP contribution is 2.31. The van der Waals surface area contributed by atoms with E-state index in [2.05, 4.69) is 5.32 Å². The molecule has 0 aromatic heterocycles. The number of benzene rings is 1. The van der Waals surface area contributed by atoms with E-state index >= 15 is 0 Å². The van der Waals surface area contributed by atoms with Crippen molar-refractivity contribution in [3.63, 3.8) is 0 Å². The number of ether oxygens (including phenoxy) is 2. The Morgan fingerprint density at radius 3 is 2.75 bits per heavy atom. The molecule has 0 unspecified atom stereocenters. The van der Waals surface area contributed by atoms with Gasteiger partial charge < -0.3 is 20.5 Å². The van der Waals surface area contributed by atoms with Crippen LogP contribution < -0.4 is 11.1 Å². The van der Waals surface area contributed by atoms with Gasteiger partial charge in [-0.05, 0) is 49.3 Å². The Balaban J connectivity index is 0.00000208. The van der Waals surface area contributed by atoms with E-state index in [-0.39, 0.29) is 18.3 Å². The molecule has 134 valence electrons. The van der Waals surface area contributed by atoms with E-state index in [1.165, 1.54) is 12.8 Å². The fourth-order valence-electron chi connectivity index (χ4n) is 2.92. The van der Waals surface area contributed by atoms with Crippen molar-refractivity contribution in [1.82, 2.24) is 0 Å². The molecule has 1 aliphatic heterocycles. The van der Waals surface area contributed by atoms with Crippen LogP contribution in [0.1, 0.15) is 31.2 Å². The van der Waals surface area contributed by atoms with Crippen molar-refractivity contribution >= 4 is 24.0 Å². The lowest BCUT2D eigenvalue weighted by Crippen LogP contribution is -2.46. The molecule has 0 spiro atoms. The van der Waals surface area contributed by atoms with E-state index in [4.69, 9.17) is 15.2 Å². The number of carbonyl (C=O) groups excluding carboxylic acids is 1. The fraction of sp³-hybridized carbons (Fsp3) is 0.611. The van der Waals surface area contributed by atoms with Gasteiger partial charge in [0.1, 0.15) is 0 Å². The average molecular weight is 355 g/mol. The van der Waals surface area contributed by atoms with Crippen LogP contribution in [0.2, 0.25) is 0 Å². The lowest BCUT2D eigenvalue weighted by Gasteiger charge is -2.34. The van der Waals surface area contributed by atoms with Crippen LogP contribution in [0.15, 0.2) is 24.3 Å². The molecule has 1 saturated carbocycles. The van der Waals surface area contributed by atoms with Gasteiger partial charge in [0.25, 0.3) is 0 Å².